The van der Waals surface area contributed by atoms with Crippen LogP contribution in [0.25, 0.3) is 0 Å². The first-order chi connectivity index (χ1) is 5.06. The summed E-state index contributed by atoms with van der Waals surface area (Å²) in [5, 5.41) is 3.02. The third kappa shape index (κ3) is 1.60. The topological polar surface area (TPSA) is 38.3 Å². The molecule has 1 saturated heterocycles. The first-order valence-electron chi connectivity index (χ1n) is 3.68. The molecule has 1 unspecified atom stereocenters. The average Bonchev–Trinajstić information content (AvgIpc) is 2.08. The predicted octanol–water partition coefficient (Wildman–Crippen LogP) is 0.814. The van der Waals surface area contributed by atoms with Gasteiger partial charge in [0.25, 0.3) is 0 Å². The van der Waals surface area contributed by atoms with Crippen LogP contribution in [0, 0.1) is 0 Å². The maximum atomic E-state index is 11.1. The van der Waals surface area contributed by atoms with Crippen LogP contribution in [0.5, 0.6) is 0 Å². The molecule has 0 radical (unpaired) electrons. The average molecular weight is 155 g/mol. The van der Waals surface area contributed by atoms with E-state index in [2.05, 4.69) is 5.32 Å². The monoisotopic (exact) mass is 155 g/mol. The zero-order chi connectivity index (χ0) is 8.48. The fraction of sp³-hybridized carbons (Fsp3) is 0.625. The van der Waals surface area contributed by atoms with Crippen LogP contribution in [0.2, 0.25) is 0 Å². The number of allylic oxidation sites excluding steroid dienone is 1. The van der Waals surface area contributed by atoms with Gasteiger partial charge in [0.1, 0.15) is 5.54 Å². The molecular weight excluding hydrogens is 142 g/mol. The van der Waals surface area contributed by atoms with Gasteiger partial charge in [-0.05, 0) is 26.8 Å². The molecule has 0 bridgehead atoms. The Morgan fingerprint density at radius 3 is 2.64 bits per heavy atom. The summed E-state index contributed by atoms with van der Waals surface area (Å²) in [6.45, 7) is 5.50. The molecular formula is C8H13NO2. The van der Waals surface area contributed by atoms with Crippen molar-refractivity contribution < 1.29 is 9.53 Å². The van der Waals surface area contributed by atoms with E-state index in [0.717, 1.165) is 0 Å². The van der Waals surface area contributed by atoms with Crippen molar-refractivity contribution in [2.24, 2.45) is 0 Å². The normalized spacial score (nSPS) is 29.4. The molecule has 1 N–H and O–H groups in total. The molecule has 3 nitrogen and oxygen atoms in total. The standard InChI is InChI=1S/C8H13NO2/c1-4-5-6-9-8(2,3)7(10)11-6/h4-6,9H,1-3H3/b5-4-. The second kappa shape index (κ2) is 2.66. The van der Waals surface area contributed by atoms with Gasteiger partial charge in [-0.15, -0.1) is 0 Å². The largest absolute Gasteiger partial charge is 0.441 e. The van der Waals surface area contributed by atoms with Crippen LogP contribution in [0.3, 0.4) is 0 Å². The van der Waals surface area contributed by atoms with Crippen LogP contribution in [-0.2, 0) is 9.53 Å². The number of ether oxygens (including phenoxy) is 1. The second-order valence-electron chi connectivity index (χ2n) is 3.12. The van der Waals surface area contributed by atoms with Gasteiger partial charge in [-0.1, -0.05) is 6.08 Å². The summed E-state index contributed by atoms with van der Waals surface area (Å²) in [6.07, 6.45) is 3.42. The Morgan fingerprint density at radius 1 is 1.64 bits per heavy atom. The van der Waals surface area contributed by atoms with Crippen molar-refractivity contribution in [2.45, 2.75) is 32.5 Å². The Bertz CT molecular complexity index is 196. The number of carbonyl (C=O) groups excluding carboxylic acids is 1. The molecule has 1 aliphatic rings. The highest BCUT2D eigenvalue weighted by Gasteiger charge is 2.39. The van der Waals surface area contributed by atoms with Crippen LogP contribution in [0.4, 0.5) is 0 Å². The van der Waals surface area contributed by atoms with Gasteiger partial charge in [-0.2, -0.15) is 0 Å². The van der Waals surface area contributed by atoms with Gasteiger partial charge < -0.3 is 4.74 Å². The van der Waals surface area contributed by atoms with Crippen molar-refractivity contribution >= 4 is 5.97 Å². The van der Waals surface area contributed by atoms with Gasteiger partial charge in [-0.25, -0.2) is 0 Å². The first-order valence-corrected chi connectivity index (χ1v) is 3.68. The zero-order valence-corrected chi connectivity index (χ0v) is 7.05. The van der Waals surface area contributed by atoms with E-state index < -0.39 is 5.54 Å². The number of hydrogen-bond donors (Lipinski definition) is 1. The van der Waals surface area contributed by atoms with Gasteiger partial charge >= 0.3 is 5.97 Å². The fourth-order valence-electron chi connectivity index (χ4n) is 0.969. The van der Waals surface area contributed by atoms with E-state index in [1.54, 1.807) is 13.8 Å². The molecule has 0 aliphatic carbocycles. The van der Waals surface area contributed by atoms with E-state index in [1.807, 2.05) is 19.1 Å². The third-order valence-corrected chi connectivity index (χ3v) is 1.61. The number of nitrogens with one attached hydrogen (secondary N) is 1. The van der Waals surface area contributed by atoms with Gasteiger partial charge in [0.05, 0.1) is 0 Å². The molecule has 1 rings (SSSR count). The molecule has 1 atom stereocenters. The SMILES string of the molecule is C/C=C\C1NC(C)(C)C(=O)O1. The maximum absolute atomic E-state index is 11.1. The lowest BCUT2D eigenvalue weighted by Crippen LogP contribution is -2.40. The molecule has 1 aliphatic heterocycles. The molecule has 3 heteroatoms. The number of rotatable bonds is 1. The fourth-order valence-corrected chi connectivity index (χ4v) is 0.969. The lowest BCUT2D eigenvalue weighted by Gasteiger charge is -2.11. The summed E-state index contributed by atoms with van der Waals surface area (Å²) in [5.41, 5.74) is -0.538. The second-order valence-corrected chi connectivity index (χ2v) is 3.12. The molecule has 0 spiro atoms. The van der Waals surface area contributed by atoms with Crippen LogP contribution in [0.15, 0.2) is 12.2 Å². The minimum atomic E-state index is -0.538. The first kappa shape index (κ1) is 8.27. The van der Waals surface area contributed by atoms with Crippen molar-refractivity contribution in [3.05, 3.63) is 12.2 Å². The Morgan fingerprint density at radius 2 is 2.27 bits per heavy atom. The van der Waals surface area contributed by atoms with Crippen LogP contribution in [0.1, 0.15) is 20.8 Å². The van der Waals surface area contributed by atoms with Crippen LogP contribution < -0.4 is 5.32 Å². The number of carbonyl (C=O) groups is 1. The van der Waals surface area contributed by atoms with Crippen molar-refractivity contribution in [3.63, 3.8) is 0 Å². The van der Waals surface area contributed by atoms with E-state index in [1.165, 1.54) is 0 Å². The highest BCUT2D eigenvalue weighted by molar-refractivity contribution is 5.82. The third-order valence-electron chi connectivity index (χ3n) is 1.61. The Hall–Kier alpha value is -0.830. The highest BCUT2D eigenvalue weighted by Crippen LogP contribution is 2.15. The smallest absolute Gasteiger partial charge is 0.327 e. The van der Waals surface area contributed by atoms with E-state index in [-0.39, 0.29) is 12.2 Å². The summed E-state index contributed by atoms with van der Waals surface area (Å²) >= 11 is 0. The molecule has 0 aromatic carbocycles. The Kier molecular flexibility index (Phi) is 2.00. The molecule has 0 amide bonds. The maximum Gasteiger partial charge on any atom is 0.327 e. The summed E-state index contributed by atoms with van der Waals surface area (Å²) in [7, 11) is 0. The number of esters is 1. The van der Waals surface area contributed by atoms with Crippen molar-refractivity contribution in [3.8, 4) is 0 Å². The van der Waals surface area contributed by atoms with Crippen LogP contribution in [-0.4, -0.2) is 17.7 Å². The molecule has 1 heterocycles. The lowest BCUT2D eigenvalue weighted by molar-refractivity contribution is -0.143. The van der Waals surface area contributed by atoms with Gasteiger partial charge in [-0.3, -0.25) is 10.1 Å². The summed E-state index contributed by atoms with van der Waals surface area (Å²) in [5.74, 6) is -0.194. The Labute approximate surface area is 66.4 Å². The van der Waals surface area contributed by atoms with Crippen molar-refractivity contribution in [2.75, 3.05) is 0 Å². The molecule has 11 heavy (non-hydrogen) atoms. The predicted molar refractivity (Wildman–Crippen MR) is 41.9 cm³/mol. The molecule has 0 saturated carbocycles. The summed E-state index contributed by atoms with van der Waals surface area (Å²) in [6, 6.07) is 0. The lowest BCUT2D eigenvalue weighted by atomic mass is 10.1. The Balaban J connectivity index is 2.64. The van der Waals surface area contributed by atoms with E-state index in [4.69, 9.17) is 4.74 Å². The minimum absolute atomic E-state index is 0.194. The van der Waals surface area contributed by atoms with Crippen molar-refractivity contribution in [1.29, 1.82) is 0 Å². The molecule has 0 aromatic heterocycles. The van der Waals surface area contributed by atoms with Gasteiger partial charge in [0, 0.05) is 0 Å². The van der Waals surface area contributed by atoms with E-state index in [9.17, 15) is 4.79 Å². The quantitative estimate of drug-likeness (QED) is 0.450. The van der Waals surface area contributed by atoms with Gasteiger partial charge in [0.15, 0.2) is 6.23 Å². The van der Waals surface area contributed by atoms with E-state index in [0.29, 0.717) is 0 Å². The minimum Gasteiger partial charge on any atom is -0.441 e. The molecule has 0 aromatic rings. The number of cyclic esters (lactones) is 1. The van der Waals surface area contributed by atoms with Gasteiger partial charge in [0.2, 0.25) is 0 Å². The zero-order valence-electron chi connectivity index (χ0n) is 7.05. The number of hydrogen-bond acceptors (Lipinski definition) is 3. The summed E-state index contributed by atoms with van der Waals surface area (Å²) < 4.78 is 4.98. The van der Waals surface area contributed by atoms with E-state index >= 15 is 0 Å². The summed E-state index contributed by atoms with van der Waals surface area (Å²) in [4.78, 5) is 11.1. The molecule has 62 valence electrons. The van der Waals surface area contributed by atoms with Crippen LogP contribution >= 0.6 is 0 Å². The molecule has 1 fully saturated rings. The van der Waals surface area contributed by atoms with Crippen molar-refractivity contribution in [1.82, 2.24) is 5.32 Å². The highest BCUT2D eigenvalue weighted by atomic mass is 16.6.